The molecule has 0 atom stereocenters. The number of hydrogen-bond acceptors (Lipinski definition) is 5. The number of aromatic nitrogens is 2. The van der Waals surface area contributed by atoms with Gasteiger partial charge in [0.2, 0.25) is 5.89 Å². The van der Waals surface area contributed by atoms with Gasteiger partial charge in [0.05, 0.1) is 5.56 Å². The van der Waals surface area contributed by atoms with E-state index in [4.69, 9.17) is 4.52 Å². The van der Waals surface area contributed by atoms with Gasteiger partial charge in [-0.1, -0.05) is 31.1 Å². The van der Waals surface area contributed by atoms with Gasteiger partial charge >= 0.3 is 6.18 Å². The maximum atomic E-state index is 12.7. The summed E-state index contributed by atoms with van der Waals surface area (Å²) >= 11 is 0. The van der Waals surface area contributed by atoms with E-state index in [0.717, 1.165) is 49.8 Å². The Balaban J connectivity index is 1.43. The van der Waals surface area contributed by atoms with E-state index in [-0.39, 0.29) is 5.92 Å². The topological polar surface area (TPSA) is 69.8 Å². The van der Waals surface area contributed by atoms with Crippen molar-refractivity contribution in [2.24, 2.45) is 4.99 Å². The van der Waals surface area contributed by atoms with Crippen molar-refractivity contribution in [3.05, 3.63) is 47.1 Å². The fourth-order valence-corrected chi connectivity index (χ4v) is 3.39. The Morgan fingerprint density at radius 1 is 1.16 bits per heavy atom. The lowest BCUT2D eigenvalue weighted by Crippen LogP contribution is -2.52. The number of piperazine rings is 1. The van der Waals surface area contributed by atoms with Crippen LogP contribution in [0.2, 0.25) is 0 Å². The summed E-state index contributed by atoms with van der Waals surface area (Å²) in [5, 5.41) is 7.30. The number of rotatable bonds is 6. The number of benzene rings is 1. The van der Waals surface area contributed by atoms with E-state index in [9.17, 15) is 13.2 Å². The Hall–Kier alpha value is -2.62. The average molecular weight is 438 g/mol. The Kier molecular flexibility index (Phi) is 7.53. The van der Waals surface area contributed by atoms with Gasteiger partial charge in [0.15, 0.2) is 11.8 Å². The molecule has 0 bridgehead atoms. The summed E-state index contributed by atoms with van der Waals surface area (Å²) in [6.07, 6.45) is -3.68. The third-order valence-electron chi connectivity index (χ3n) is 5.19. The molecule has 170 valence electrons. The summed E-state index contributed by atoms with van der Waals surface area (Å²) in [5.74, 6) is 2.37. The Morgan fingerprint density at radius 3 is 2.39 bits per heavy atom. The van der Waals surface area contributed by atoms with Crippen LogP contribution in [0.3, 0.4) is 0 Å². The second kappa shape index (κ2) is 10.1. The van der Waals surface area contributed by atoms with E-state index in [0.29, 0.717) is 31.2 Å². The second-order valence-corrected chi connectivity index (χ2v) is 7.88. The highest BCUT2D eigenvalue weighted by atomic mass is 19.4. The molecule has 1 aromatic carbocycles. The van der Waals surface area contributed by atoms with E-state index in [1.165, 1.54) is 0 Å². The van der Waals surface area contributed by atoms with E-state index in [2.05, 4.69) is 30.2 Å². The first-order chi connectivity index (χ1) is 14.8. The molecule has 2 aromatic rings. The van der Waals surface area contributed by atoms with Gasteiger partial charge in [-0.3, -0.25) is 9.89 Å². The van der Waals surface area contributed by atoms with Gasteiger partial charge in [0.25, 0.3) is 0 Å². The Labute approximate surface area is 180 Å². The summed E-state index contributed by atoms with van der Waals surface area (Å²) < 4.78 is 43.4. The SMILES string of the molecule is CN=C(NCCc1nc(C(C)C)no1)N1CCN(Cc2ccc(C(F)(F)F)cc2)CC1. The van der Waals surface area contributed by atoms with Crippen molar-refractivity contribution in [2.45, 2.75) is 38.9 Å². The molecule has 7 nitrogen and oxygen atoms in total. The van der Waals surface area contributed by atoms with Gasteiger partial charge in [0.1, 0.15) is 0 Å². The first-order valence-corrected chi connectivity index (χ1v) is 10.4. The van der Waals surface area contributed by atoms with Crippen LogP contribution in [-0.4, -0.2) is 65.7 Å². The third kappa shape index (κ3) is 6.43. The molecule has 31 heavy (non-hydrogen) atoms. The van der Waals surface area contributed by atoms with Crippen LogP contribution in [0.5, 0.6) is 0 Å². The number of nitrogens with zero attached hydrogens (tertiary/aromatic N) is 5. The molecule has 10 heteroatoms. The lowest BCUT2D eigenvalue weighted by Gasteiger charge is -2.36. The van der Waals surface area contributed by atoms with E-state index in [1.807, 2.05) is 13.8 Å². The predicted molar refractivity (Wildman–Crippen MR) is 112 cm³/mol. The van der Waals surface area contributed by atoms with E-state index >= 15 is 0 Å². The minimum absolute atomic E-state index is 0.233. The molecule has 0 saturated carbocycles. The molecule has 1 saturated heterocycles. The van der Waals surface area contributed by atoms with Crippen molar-refractivity contribution in [3.63, 3.8) is 0 Å². The highest BCUT2D eigenvalue weighted by Crippen LogP contribution is 2.29. The van der Waals surface area contributed by atoms with Crippen LogP contribution >= 0.6 is 0 Å². The quantitative estimate of drug-likeness (QED) is 0.552. The van der Waals surface area contributed by atoms with Crippen molar-refractivity contribution in [3.8, 4) is 0 Å². The van der Waals surface area contributed by atoms with Crippen LogP contribution in [0.1, 0.15) is 42.6 Å². The second-order valence-electron chi connectivity index (χ2n) is 7.88. The lowest BCUT2D eigenvalue weighted by atomic mass is 10.1. The van der Waals surface area contributed by atoms with Gasteiger partial charge in [-0.2, -0.15) is 18.2 Å². The van der Waals surface area contributed by atoms with Crippen molar-refractivity contribution in [2.75, 3.05) is 39.8 Å². The third-order valence-corrected chi connectivity index (χ3v) is 5.19. The number of guanidine groups is 1. The molecule has 2 heterocycles. The molecule has 1 aliphatic heterocycles. The zero-order valence-corrected chi connectivity index (χ0v) is 18.1. The number of hydrogen-bond donors (Lipinski definition) is 1. The molecule has 0 unspecified atom stereocenters. The van der Waals surface area contributed by atoms with Crippen LogP contribution in [0, 0.1) is 0 Å². The maximum Gasteiger partial charge on any atom is 0.416 e. The molecule has 3 rings (SSSR count). The zero-order valence-electron chi connectivity index (χ0n) is 18.1. The van der Waals surface area contributed by atoms with E-state index in [1.54, 1.807) is 19.2 Å². The number of halogens is 3. The Morgan fingerprint density at radius 2 is 1.84 bits per heavy atom. The van der Waals surface area contributed by atoms with Crippen molar-refractivity contribution in [1.82, 2.24) is 25.3 Å². The first kappa shape index (κ1) is 23.1. The molecule has 1 fully saturated rings. The summed E-state index contributed by atoms with van der Waals surface area (Å²) in [6, 6.07) is 5.39. The highest BCUT2D eigenvalue weighted by molar-refractivity contribution is 5.80. The first-order valence-electron chi connectivity index (χ1n) is 10.4. The number of aliphatic imine (C=N–C) groups is 1. The van der Waals surface area contributed by atoms with Gasteiger partial charge in [-0.05, 0) is 17.7 Å². The summed E-state index contributed by atoms with van der Waals surface area (Å²) in [4.78, 5) is 13.1. The Bertz CT molecular complexity index is 855. The fourth-order valence-electron chi connectivity index (χ4n) is 3.39. The smallest absolute Gasteiger partial charge is 0.356 e. The van der Waals surface area contributed by atoms with Gasteiger partial charge < -0.3 is 14.7 Å². The van der Waals surface area contributed by atoms with Gasteiger partial charge in [-0.15, -0.1) is 0 Å². The van der Waals surface area contributed by atoms with Crippen molar-refractivity contribution >= 4 is 5.96 Å². The van der Waals surface area contributed by atoms with Crippen LogP contribution in [-0.2, 0) is 19.1 Å². The fraction of sp³-hybridized carbons (Fsp3) is 0.571. The van der Waals surface area contributed by atoms with E-state index < -0.39 is 11.7 Å². The minimum Gasteiger partial charge on any atom is -0.356 e. The average Bonchev–Trinajstić information content (AvgIpc) is 3.21. The standard InChI is InChI=1S/C21H29F3N6O/c1-15(2)19-27-18(31-28-19)8-9-26-20(25-3)30-12-10-29(11-13-30)14-16-4-6-17(7-5-16)21(22,23)24/h4-7,15H,8-14H2,1-3H3,(H,25,26). The molecule has 1 N–H and O–H groups in total. The van der Waals surface area contributed by atoms with Crippen LogP contribution in [0.15, 0.2) is 33.8 Å². The summed E-state index contributed by atoms with van der Waals surface area (Å²) in [7, 11) is 1.75. The molecule has 0 aliphatic carbocycles. The molecular formula is C21H29F3N6O. The summed E-state index contributed by atoms with van der Waals surface area (Å²) in [5.41, 5.74) is 0.265. The van der Waals surface area contributed by atoms with Crippen molar-refractivity contribution < 1.29 is 17.7 Å². The largest absolute Gasteiger partial charge is 0.416 e. The van der Waals surface area contributed by atoms with Crippen LogP contribution < -0.4 is 5.32 Å². The molecule has 1 aromatic heterocycles. The normalized spacial score (nSPS) is 16.2. The minimum atomic E-state index is -4.30. The molecule has 1 aliphatic rings. The molecule has 0 spiro atoms. The molecule has 0 amide bonds. The van der Waals surface area contributed by atoms with Gasteiger partial charge in [0, 0.05) is 58.7 Å². The lowest BCUT2D eigenvalue weighted by molar-refractivity contribution is -0.137. The summed E-state index contributed by atoms with van der Waals surface area (Å²) in [6.45, 7) is 8.51. The monoisotopic (exact) mass is 438 g/mol. The van der Waals surface area contributed by atoms with Crippen molar-refractivity contribution in [1.29, 1.82) is 0 Å². The zero-order chi connectivity index (χ0) is 22.4. The maximum absolute atomic E-state index is 12.7. The molecule has 0 radical (unpaired) electrons. The predicted octanol–water partition coefficient (Wildman–Crippen LogP) is 3.15. The highest BCUT2D eigenvalue weighted by Gasteiger charge is 2.30. The number of alkyl halides is 3. The van der Waals surface area contributed by atoms with Gasteiger partial charge in [-0.25, -0.2) is 0 Å². The molecular weight excluding hydrogens is 409 g/mol. The number of nitrogens with one attached hydrogen (secondary N) is 1. The van der Waals surface area contributed by atoms with Crippen LogP contribution in [0.25, 0.3) is 0 Å². The van der Waals surface area contributed by atoms with Crippen LogP contribution in [0.4, 0.5) is 13.2 Å².